The molecule has 0 radical (unpaired) electrons. The van der Waals surface area contributed by atoms with E-state index in [-0.39, 0.29) is 6.04 Å². The first-order chi connectivity index (χ1) is 5.74. The second-order valence-corrected chi connectivity index (χ2v) is 2.50. The van der Waals surface area contributed by atoms with Crippen LogP contribution in [0.15, 0.2) is 25.2 Å². The molecular formula is C8H12N4. The van der Waals surface area contributed by atoms with Gasteiger partial charge in [-0.1, -0.05) is 6.08 Å². The monoisotopic (exact) mass is 164 g/mol. The van der Waals surface area contributed by atoms with Crippen LogP contribution in [0.25, 0.3) is 0 Å². The maximum absolute atomic E-state index is 5.60. The highest BCUT2D eigenvalue weighted by molar-refractivity contribution is 5.59. The first-order valence-corrected chi connectivity index (χ1v) is 3.68. The van der Waals surface area contributed by atoms with Crippen LogP contribution < -0.4 is 11.1 Å². The minimum absolute atomic E-state index is 0.155. The fraction of sp³-hybridized carbons (Fsp3) is 0.250. The summed E-state index contributed by atoms with van der Waals surface area (Å²) in [7, 11) is 0. The van der Waals surface area contributed by atoms with Crippen molar-refractivity contribution in [2.75, 3.05) is 11.1 Å². The molecule has 0 aliphatic rings. The normalized spacial score (nSPS) is 12.1. The van der Waals surface area contributed by atoms with E-state index in [1.165, 1.54) is 6.33 Å². The molecule has 12 heavy (non-hydrogen) atoms. The first-order valence-electron chi connectivity index (χ1n) is 3.68. The molecule has 3 N–H and O–H groups in total. The van der Waals surface area contributed by atoms with Crippen molar-refractivity contribution in [3.05, 3.63) is 25.2 Å². The summed E-state index contributed by atoms with van der Waals surface area (Å²) in [6, 6.07) is 0.155. The second-order valence-electron chi connectivity index (χ2n) is 2.50. The molecule has 1 aromatic heterocycles. The van der Waals surface area contributed by atoms with E-state index >= 15 is 0 Å². The lowest BCUT2D eigenvalue weighted by atomic mass is 10.3. The highest BCUT2D eigenvalue weighted by Gasteiger charge is 2.00. The standard InChI is InChI=1S/C8H12N4/c1-3-6(2)12-8-7(9)4-10-5-11-8/h3-6H,1,9H2,2H3,(H,10,11,12). The number of nitrogens with zero attached hydrogens (tertiary/aromatic N) is 2. The molecule has 64 valence electrons. The maximum atomic E-state index is 5.60. The van der Waals surface area contributed by atoms with Crippen LogP contribution in [0, 0.1) is 0 Å². The number of hydrogen-bond donors (Lipinski definition) is 2. The van der Waals surface area contributed by atoms with Crippen LogP contribution in [0.1, 0.15) is 6.92 Å². The van der Waals surface area contributed by atoms with E-state index < -0.39 is 0 Å². The molecule has 0 spiro atoms. The largest absolute Gasteiger partial charge is 0.394 e. The van der Waals surface area contributed by atoms with E-state index in [0.29, 0.717) is 11.5 Å². The number of nitrogen functional groups attached to an aromatic ring is 1. The number of aromatic nitrogens is 2. The van der Waals surface area contributed by atoms with Crippen molar-refractivity contribution in [3.63, 3.8) is 0 Å². The number of anilines is 2. The van der Waals surface area contributed by atoms with Crippen molar-refractivity contribution >= 4 is 11.5 Å². The molecule has 0 amide bonds. The van der Waals surface area contributed by atoms with Gasteiger partial charge in [-0.2, -0.15) is 0 Å². The molecule has 1 unspecified atom stereocenters. The predicted octanol–water partition coefficient (Wildman–Crippen LogP) is 1.05. The van der Waals surface area contributed by atoms with Crippen molar-refractivity contribution in [2.24, 2.45) is 0 Å². The SMILES string of the molecule is C=CC(C)Nc1ncncc1N. The molecule has 4 nitrogen and oxygen atoms in total. The van der Waals surface area contributed by atoms with Gasteiger partial charge in [-0.05, 0) is 6.92 Å². The Morgan fingerprint density at radius 1 is 1.75 bits per heavy atom. The molecule has 0 aliphatic carbocycles. The third-order valence-electron chi connectivity index (χ3n) is 1.46. The van der Waals surface area contributed by atoms with Crippen LogP contribution in [0.2, 0.25) is 0 Å². The summed E-state index contributed by atoms with van der Waals surface area (Å²) in [6.45, 7) is 5.61. The van der Waals surface area contributed by atoms with Gasteiger partial charge in [-0.3, -0.25) is 0 Å². The van der Waals surface area contributed by atoms with Crippen LogP contribution >= 0.6 is 0 Å². The smallest absolute Gasteiger partial charge is 0.153 e. The number of nitrogens with one attached hydrogen (secondary N) is 1. The molecule has 0 aromatic carbocycles. The van der Waals surface area contributed by atoms with Crippen LogP contribution in [0.3, 0.4) is 0 Å². The van der Waals surface area contributed by atoms with E-state index in [2.05, 4.69) is 21.9 Å². The molecule has 0 saturated heterocycles. The van der Waals surface area contributed by atoms with E-state index in [0.717, 1.165) is 0 Å². The Morgan fingerprint density at radius 2 is 2.50 bits per heavy atom. The summed E-state index contributed by atoms with van der Waals surface area (Å²) in [5.74, 6) is 0.650. The molecule has 1 atom stereocenters. The Bertz CT molecular complexity index is 272. The maximum Gasteiger partial charge on any atom is 0.153 e. The predicted molar refractivity (Wildman–Crippen MR) is 49.7 cm³/mol. The van der Waals surface area contributed by atoms with Gasteiger partial charge in [0.05, 0.1) is 11.9 Å². The van der Waals surface area contributed by atoms with E-state index in [9.17, 15) is 0 Å². The minimum atomic E-state index is 0.155. The zero-order chi connectivity index (χ0) is 8.97. The summed E-state index contributed by atoms with van der Waals surface area (Å²) >= 11 is 0. The van der Waals surface area contributed by atoms with Crippen LogP contribution in [-0.2, 0) is 0 Å². The summed E-state index contributed by atoms with van der Waals surface area (Å²) in [5.41, 5.74) is 6.15. The quantitative estimate of drug-likeness (QED) is 0.655. The molecular weight excluding hydrogens is 152 g/mol. The Labute approximate surface area is 71.5 Å². The summed E-state index contributed by atoms with van der Waals surface area (Å²) in [6.07, 6.45) is 4.79. The summed E-state index contributed by atoms with van der Waals surface area (Å²) in [5, 5.41) is 3.07. The van der Waals surface area contributed by atoms with E-state index in [1.807, 2.05) is 6.92 Å². The second kappa shape index (κ2) is 3.71. The molecule has 0 fully saturated rings. The Balaban J connectivity index is 2.75. The fourth-order valence-electron chi connectivity index (χ4n) is 0.736. The molecule has 0 saturated carbocycles. The lowest BCUT2D eigenvalue weighted by molar-refractivity contribution is 0.978. The highest BCUT2D eigenvalue weighted by Crippen LogP contribution is 2.12. The Hall–Kier alpha value is -1.58. The lowest BCUT2D eigenvalue weighted by Crippen LogP contribution is -2.14. The molecule has 1 rings (SSSR count). The number of rotatable bonds is 3. The number of nitrogens with two attached hydrogens (primary N) is 1. The molecule has 1 heterocycles. The van der Waals surface area contributed by atoms with Gasteiger partial charge in [0.15, 0.2) is 5.82 Å². The van der Waals surface area contributed by atoms with Gasteiger partial charge in [0, 0.05) is 6.04 Å². The third-order valence-corrected chi connectivity index (χ3v) is 1.46. The Kier molecular flexibility index (Phi) is 2.63. The van der Waals surface area contributed by atoms with Gasteiger partial charge < -0.3 is 11.1 Å². The minimum Gasteiger partial charge on any atom is -0.394 e. The van der Waals surface area contributed by atoms with Crippen molar-refractivity contribution in [3.8, 4) is 0 Å². The van der Waals surface area contributed by atoms with Crippen molar-refractivity contribution in [1.82, 2.24) is 9.97 Å². The lowest BCUT2D eigenvalue weighted by Gasteiger charge is -2.10. The van der Waals surface area contributed by atoms with Gasteiger partial charge in [-0.15, -0.1) is 6.58 Å². The fourth-order valence-corrected chi connectivity index (χ4v) is 0.736. The average Bonchev–Trinajstić information content (AvgIpc) is 2.09. The van der Waals surface area contributed by atoms with Crippen molar-refractivity contribution in [2.45, 2.75) is 13.0 Å². The molecule has 0 aliphatic heterocycles. The average molecular weight is 164 g/mol. The van der Waals surface area contributed by atoms with Crippen LogP contribution in [0.4, 0.5) is 11.5 Å². The summed E-state index contributed by atoms with van der Waals surface area (Å²) in [4.78, 5) is 7.75. The number of hydrogen-bond acceptors (Lipinski definition) is 4. The van der Waals surface area contributed by atoms with Crippen molar-refractivity contribution in [1.29, 1.82) is 0 Å². The van der Waals surface area contributed by atoms with E-state index in [4.69, 9.17) is 5.73 Å². The van der Waals surface area contributed by atoms with Gasteiger partial charge in [0.1, 0.15) is 6.33 Å². The van der Waals surface area contributed by atoms with Crippen LogP contribution in [0.5, 0.6) is 0 Å². The zero-order valence-corrected chi connectivity index (χ0v) is 6.99. The highest BCUT2D eigenvalue weighted by atomic mass is 15.0. The summed E-state index contributed by atoms with van der Waals surface area (Å²) < 4.78 is 0. The van der Waals surface area contributed by atoms with Crippen molar-refractivity contribution < 1.29 is 0 Å². The van der Waals surface area contributed by atoms with E-state index in [1.54, 1.807) is 12.3 Å². The molecule has 4 heteroatoms. The van der Waals surface area contributed by atoms with Gasteiger partial charge in [0.2, 0.25) is 0 Å². The van der Waals surface area contributed by atoms with Gasteiger partial charge in [0.25, 0.3) is 0 Å². The van der Waals surface area contributed by atoms with Crippen LogP contribution in [-0.4, -0.2) is 16.0 Å². The third kappa shape index (κ3) is 1.95. The first kappa shape index (κ1) is 8.52. The zero-order valence-electron chi connectivity index (χ0n) is 6.99. The molecule has 0 bridgehead atoms. The van der Waals surface area contributed by atoms with Gasteiger partial charge >= 0.3 is 0 Å². The molecule has 1 aromatic rings. The Morgan fingerprint density at radius 3 is 3.08 bits per heavy atom. The topological polar surface area (TPSA) is 63.8 Å². The van der Waals surface area contributed by atoms with Gasteiger partial charge in [-0.25, -0.2) is 9.97 Å².